The van der Waals surface area contributed by atoms with Crippen molar-refractivity contribution in [3.05, 3.63) is 22.8 Å². The summed E-state index contributed by atoms with van der Waals surface area (Å²) < 4.78 is 52.4. The number of carboxylic acid groups (broad SMARTS) is 1. The Bertz CT molecular complexity index is 876. The minimum atomic E-state index is -3.90. The van der Waals surface area contributed by atoms with Crippen LogP contribution in [0.15, 0.2) is 11.0 Å². The fourth-order valence-electron chi connectivity index (χ4n) is 2.74. The molecular weight excluding hydrogens is 368 g/mol. The second-order valence-electron chi connectivity index (χ2n) is 5.94. The van der Waals surface area contributed by atoms with Crippen LogP contribution in [0, 0.1) is 20.8 Å². The first-order chi connectivity index (χ1) is 11.3. The smallest absolute Gasteiger partial charge is 0.303 e. The molecule has 142 valence electrons. The van der Waals surface area contributed by atoms with Crippen molar-refractivity contribution in [3.63, 3.8) is 0 Å². The number of carbonyl (C=O) groups is 1. The third-order valence-electron chi connectivity index (χ3n) is 3.80. The van der Waals surface area contributed by atoms with E-state index in [2.05, 4.69) is 4.72 Å². The van der Waals surface area contributed by atoms with Crippen LogP contribution in [0.3, 0.4) is 0 Å². The van der Waals surface area contributed by atoms with Crippen molar-refractivity contribution in [3.8, 4) is 0 Å². The second kappa shape index (κ2) is 7.71. The van der Waals surface area contributed by atoms with E-state index in [-0.39, 0.29) is 24.3 Å². The van der Waals surface area contributed by atoms with Crippen LogP contribution < -0.4 is 9.03 Å². The van der Waals surface area contributed by atoms with Crippen LogP contribution in [0.25, 0.3) is 0 Å². The number of carboxylic acids is 1. The number of hydrogen-bond donors (Lipinski definition) is 2. The molecule has 1 aromatic rings. The minimum Gasteiger partial charge on any atom is -0.481 e. The first-order valence-corrected chi connectivity index (χ1v) is 10.9. The maximum absolute atomic E-state index is 12.6. The number of aliphatic carboxylic acids is 1. The molecule has 2 N–H and O–H groups in total. The van der Waals surface area contributed by atoms with Gasteiger partial charge in [0.2, 0.25) is 20.0 Å². The summed E-state index contributed by atoms with van der Waals surface area (Å²) in [7, 11) is -6.08. The van der Waals surface area contributed by atoms with E-state index in [0.717, 1.165) is 10.6 Å². The van der Waals surface area contributed by atoms with Gasteiger partial charge in [-0.15, -0.1) is 0 Å². The van der Waals surface area contributed by atoms with Gasteiger partial charge in [0.25, 0.3) is 0 Å². The van der Waals surface area contributed by atoms with Crippen molar-refractivity contribution in [2.24, 2.45) is 0 Å². The summed E-state index contributed by atoms with van der Waals surface area (Å²) in [6.45, 7) is 4.89. The van der Waals surface area contributed by atoms with Gasteiger partial charge in [-0.25, -0.2) is 21.6 Å². The minimum absolute atomic E-state index is 0.0129. The van der Waals surface area contributed by atoms with Gasteiger partial charge in [0.15, 0.2) is 0 Å². The van der Waals surface area contributed by atoms with Gasteiger partial charge in [-0.2, -0.15) is 0 Å². The van der Waals surface area contributed by atoms with E-state index >= 15 is 0 Å². The summed E-state index contributed by atoms with van der Waals surface area (Å²) in [4.78, 5) is 10.5. The Balaban J connectivity index is 3.34. The zero-order chi connectivity index (χ0) is 19.6. The normalized spacial score (nSPS) is 12.2. The monoisotopic (exact) mass is 392 g/mol. The molecule has 1 rings (SSSR count). The Labute approximate surface area is 149 Å². The van der Waals surface area contributed by atoms with Crippen molar-refractivity contribution in [2.75, 3.05) is 24.2 Å². The topological polar surface area (TPSA) is 121 Å². The van der Waals surface area contributed by atoms with Crippen LogP contribution in [0.2, 0.25) is 0 Å². The molecule has 0 aromatic heterocycles. The molecule has 0 amide bonds. The van der Waals surface area contributed by atoms with E-state index in [1.807, 2.05) is 0 Å². The predicted molar refractivity (Wildman–Crippen MR) is 96.0 cm³/mol. The quantitative estimate of drug-likeness (QED) is 0.640. The largest absolute Gasteiger partial charge is 0.481 e. The van der Waals surface area contributed by atoms with Crippen LogP contribution in [0.4, 0.5) is 5.69 Å². The Morgan fingerprint density at radius 1 is 1.16 bits per heavy atom. The van der Waals surface area contributed by atoms with Gasteiger partial charge in [0.1, 0.15) is 0 Å². The first-order valence-electron chi connectivity index (χ1n) is 7.55. The van der Waals surface area contributed by atoms with Gasteiger partial charge < -0.3 is 5.11 Å². The van der Waals surface area contributed by atoms with Crippen molar-refractivity contribution >= 4 is 31.7 Å². The van der Waals surface area contributed by atoms with Crippen molar-refractivity contribution in [2.45, 2.75) is 38.5 Å². The molecule has 0 aliphatic carbocycles. The average molecular weight is 392 g/mol. The van der Waals surface area contributed by atoms with Gasteiger partial charge in [0.05, 0.1) is 16.8 Å². The van der Waals surface area contributed by atoms with Gasteiger partial charge in [-0.05, 0) is 43.9 Å². The van der Waals surface area contributed by atoms with Crippen molar-refractivity contribution in [1.82, 2.24) is 4.72 Å². The molecule has 8 nitrogen and oxygen atoms in total. The number of sulfonamides is 2. The van der Waals surface area contributed by atoms with Crippen LogP contribution in [-0.4, -0.2) is 47.8 Å². The zero-order valence-corrected chi connectivity index (χ0v) is 16.6. The maximum atomic E-state index is 12.6. The summed E-state index contributed by atoms with van der Waals surface area (Å²) >= 11 is 0. The third-order valence-corrected chi connectivity index (χ3v) is 6.73. The molecule has 0 heterocycles. The first kappa shape index (κ1) is 21.4. The van der Waals surface area contributed by atoms with Gasteiger partial charge in [-0.1, -0.05) is 6.07 Å². The Morgan fingerprint density at radius 3 is 2.20 bits per heavy atom. The SMILES string of the molecule is Cc1cc(C)c(S(=O)(=O)NCCCC(=O)O)c(C)c1N(C)S(C)(=O)=O. The van der Waals surface area contributed by atoms with Crippen LogP contribution >= 0.6 is 0 Å². The molecule has 0 aliphatic rings. The molecule has 1 aromatic carbocycles. The Hall–Kier alpha value is -1.65. The number of nitrogens with zero attached hydrogens (tertiary/aromatic N) is 1. The van der Waals surface area contributed by atoms with Crippen LogP contribution in [0.1, 0.15) is 29.5 Å². The fourth-order valence-corrected chi connectivity index (χ4v) is 4.89. The summed E-state index contributed by atoms with van der Waals surface area (Å²) in [5.41, 5.74) is 1.79. The Kier molecular flexibility index (Phi) is 6.60. The highest BCUT2D eigenvalue weighted by atomic mass is 32.2. The lowest BCUT2D eigenvalue weighted by molar-refractivity contribution is -0.137. The van der Waals surface area contributed by atoms with E-state index in [1.54, 1.807) is 26.8 Å². The number of rotatable bonds is 8. The molecule has 0 bridgehead atoms. The highest BCUT2D eigenvalue weighted by Crippen LogP contribution is 2.33. The van der Waals surface area contributed by atoms with E-state index < -0.39 is 26.0 Å². The van der Waals surface area contributed by atoms with Crippen molar-refractivity contribution < 1.29 is 26.7 Å². The molecule has 0 fully saturated rings. The van der Waals surface area contributed by atoms with Crippen LogP contribution in [-0.2, 0) is 24.8 Å². The van der Waals surface area contributed by atoms with E-state index in [0.29, 0.717) is 22.4 Å². The summed E-state index contributed by atoms with van der Waals surface area (Å²) in [5.74, 6) is -1.00. The van der Waals surface area contributed by atoms with E-state index in [4.69, 9.17) is 5.11 Å². The third kappa shape index (κ3) is 5.16. The summed E-state index contributed by atoms with van der Waals surface area (Å²) in [6.07, 6.45) is 1.06. The lowest BCUT2D eigenvalue weighted by Gasteiger charge is -2.24. The lowest BCUT2D eigenvalue weighted by atomic mass is 10.1. The molecule has 0 unspecified atom stereocenters. The highest BCUT2D eigenvalue weighted by molar-refractivity contribution is 7.92. The average Bonchev–Trinajstić information content (AvgIpc) is 2.41. The lowest BCUT2D eigenvalue weighted by Crippen LogP contribution is -2.30. The number of hydrogen-bond acceptors (Lipinski definition) is 5. The number of benzene rings is 1. The summed E-state index contributed by atoms with van der Waals surface area (Å²) in [5, 5.41) is 8.61. The highest BCUT2D eigenvalue weighted by Gasteiger charge is 2.26. The molecule has 10 heteroatoms. The molecule has 0 spiro atoms. The zero-order valence-electron chi connectivity index (χ0n) is 15.0. The standard InChI is InChI=1S/C15H24N2O6S2/c1-10-9-11(2)15(12(3)14(10)17(4)24(5,20)21)25(22,23)16-8-6-7-13(18)19/h9,16H,6-8H2,1-5H3,(H,18,19). The fraction of sp³-hybridized carbons (Fsp3) is 0.533. The van der Waals surface area contributed by atoms with Crippen molar-refractivity contribution in [1.29, 1.82) is 0 Å². The number of aryl methyl sites for hydroxylation is 2. The van der Waals surface area contributed by atoms with E-state index in [9.17, 15) is 21.6 Å². The van der Waals surface area contributed by atoms with E-state index in [1.165, 1.54) is 7.05 Å². The Morgan fingerprint density at radius 2 is 1.72 bits per heavy atom. The second-order valence-corrected chi connectivity index (χ2v) is 9.66. The molecular formula is C15H24N2O6S2. The predicted octanol–water partition coefficient (Wildman–Crippen LogP) is 1.15. The van der Waals surface area contributed by atoms with Crippen LogP contribution in [0.5, 0.6) is 0 Å². The molecule has 0 atom stereocenters. The van der Waals surface area contributed by atoms with Gasteiger partial charge in [-0.3, -0.25) is 9.10 Å². The van der Waals surface area contributed by atoms with Gasteiger partial charge in [0, 0.05) is 20.0 Å². The number of nitrogens with one attached hydrogen (secondary N) is 1. The molecule has 0 aliphatic heterocycles. The summed E-state index contributed by atoms with van der Waals surface area (Å²) in [6, 6.07) is 1.62. The van der Waals surface area contributed by atoms with Gasteiger partial charge >= 0.3 is 5.97 Å². The molecule has 25 heavy (non-hydrogen) atoms. The maximum Gasteiger partial charge on any atom is 0.303 e. The molecule has 0 saturated carbocycles. The molecule has 0 saturated heterocycles. The molecule has 0 radical (unpaired) electrons. The number of anilines is 1.